The molecular formula is C35H32ClN5O3S. The van der Waals surface area contributed by atoms with Crippen molar-refractivity contribution in [3.8, 4) is 0 Å². The largest absolute Gasteiger partial charge is 0.339 e. The monoisotopic (exact) mass is 637 g/mol. The number of hydrogen-bond donors (Lipinski definition) is 1. The summed E-state index contributed by atoms with van der Waals surface area (Å²) < 4.78 is 3.99. The molecule has 1 atom stereocenters. The second-order valence-electron chi connectivity index (χ2n) is 10.8. The third-order valence-electron chi connectivity index (χ3n) is 7.97. The van der Waals surface area contributed by atoms with Gasteiger partial charge in [-0.05, 0) is 62.7 Å². The molecule has 0 unspecified atom stereocenters. The minimum absolute atomic E-state index is 0.108. The van der Waals surface area contributed by atoms with E-state index in [1.807, 2.05) is 104 Å². The number of carbonyl (C=O) groups is 2. The first kappa shape index (κ1) is 30.3. The number of thiazole rings is 1. The minimum Gasteiger partial charge on any atom is -0.339 e. The predicted molar refractivity (Wildman–Crippen MR) is 180 cm³/mol. The van der Waals surface area contributed by atoms with Gasteiger partial charge in [-0.25, -0.2) is 4.99 Å². The third-order valence-corrected chi connectivity index (χ3v) is 9.20. The van der Waals surface area contributed by atoms with Crippen molar-refractivity contribution >= 4 is 57.4 Å². The lowest BCUT2D eigenvalue weighted by atomic mass is 9.94. The van der Waals surface area contributed by atoms with Crippen LogP contribution >= 0.6 is 22.9 Å². The lowest BCUT2D eigenvalue weighted by Crippen LogP contribution is -2.43. The van der Waals surface area contributed by atoms with E-state index in [2.05, 4.69) is 5.32 Å². The van der Waals surface area contributed by atoms with Crippen LogP contribution < -0.4 is 20.2 Å². The minimum atomic E-state index is -0.656. The van der Waals surface area contributed by atoms with E-state index in [1.54, 1.807) is 21.6 Å². The molecule has 0 spiro atoms. The molecule has 0 radical (unpaired) electrons. The van der Waals surface area contributed by atoms with Crippen molar-refractivity contribution in [1.82, 2.24) is 14.0 Å². The van der Waals surface area contributed by atoms with Crippen LogP contribution in [0, 0.1) is 0 Å². The number of carbonyl (C=O) groups excluding carboxylic acids is 2. The van der Waals surface area contributed by atoms with E-state index in [1.165, 1.54) is 11.3 Å². The molecule has 1 aliphatic rings. The summed E-state index contributed by atoms with van der Waals surface area (Å²) in [4.78, 5) is 48.0. The summed E-state index contributed by atoms with van der Waals surface area (Å²) >= 11 is 7.50. The van der Waals surface area contributed by atoms with Crippen molar-refractivity contribution in [3.05, 3.63) is 132 Å². The fraction of sp³-hybridized carbons (Fsp3) is 0.200. The van der Waals surface area contributed by atoms with Crippen LogP contribution in [0.25, 0.3) is 17.0 Å². The number of hydrogen-bond acceptors (Lipinski definition) is 5. The van der Waals surface area contributed by atoms with Crippen molar-refractivity contribution in [2.24, 2.45) is 4.99 Å². The van der Waals surface area contributed by atoms with E-state index in [9.17, 15) is 14.4 Å². The van der Waals surface area contributed by atoms with E-state index in [-0.39, 0.29) is 23.9 Å². The van der Waals surface area contributed by atoms with Crippen LogP contribution in [0.1, 0.15) is 37.9 Å². The van der Waals surface area contributed by atoms with Crippen molar-refractivity contribution in [3.63, 3.8) is 0 Å². The standard InChI is InChI=1S/C35H32ClN5O3S/c1-4-39(5-2)34(44)31-22(3)37-35-41(32(31)23-15-17-25(36)18-16-23)33(43)29(45-35)19-24-20-40(28-14-10-9-13-27(24)28)21-30(42)38-26-11-7-6-8-12-26/h6-20,32H,4-5,21H2,1-3H3,(H,38,42)/b29-19+/t32-/m1/s1. The number of para-hydroxylation sites is 2. The van der Waals surface area contributed by atoms with Crippen molar-refractivity contribution in [1.29, 1.82) is 0 Å². The van der Waals surface area contributed by atoms with Gasteiger partial charge in [0.25, 0.3) is 11.5 Å². The lowest BCUT2D eigenvalue weighted by molar-refractivity contribution is -0.127. The molecule has 0 aliphatic carbocycles. The lowest BCUT2D eigenvalue weighted by Gasteiger charge is -2.29. The van der Waals surface area contributed by atoms with E-state index < -0.39 is 6.04 Å². The maximum atomic E-state index is 14.2. The van der Waals surface area contributed by atoms with Gasteiger partial charge in [-0.3, -0.25) is 19.0 Å². The molecule has 0 saturated carbocycles. The fourth-order valence-electron chi connectivity index (χ4n) is 5.78. The number of aromatic nitrogens is 2. The SMILES string of the molecule is CCN(CC)C(=O)C1=C(C)N=c2s/c(=C/c3cn(CC(=O)Nc4ccccc4)c4ccccc34)c(=O)n2[C@@H]1c1ccc(Cl)cc1. The summed E-state index contributed by atoms with van der Waals surface area (Å²) in [6.45, 7) is 6.88. The maximum Gasteiger partial charge on any atom is 0.271 e. The molecule has 1 aliphatic heterocycles. The Labute approximate surface area is 269 Å². The van der Waals surface area contributed by atoms with Gasteiger partial charge in [0.05, 0.1) is 21.8 Å². The van der Waals surface area contributed by atoms with Gasteiger partial charge >= 0.3 is 0 Å². The zero-order valence-electron chi connectivity index (χ0n) is 25.2. The van der Waals surface area contributed by atoms with E-state index in [4.69, 9.17) is 16.6 Å². The Morgan fingerprint density at radius 3 is 2.40 bits per heavy atom. The molecule has 3 aromatic carbocycles. The Kier molecular flexibility index (Phi) is 8.56. The number of rotatable bonds is 8. The Bertz CT molecular complexity index is 2120. The summed E-state index contributed by atoms with van der Waals surface area (Å²) in [5.74, 6) is -0.302. The first-order valence-corrected chi connectivity index (χ1v) is 16.0. The molecule has 2 aromatic heterocycles. The van der Waals surface area contributed by atoms with Crippen LogP contribution in [0.2, 0.25) is 5.02 Å². The molecule has 5 aromatic rings. The summed E-state index contributed by atoms with van der Waals surface area (Å²) in [6, 6.07) is 23.7. The number of nitrogens with one attached hydrogen (secondary N) is 1. The van der Waals surface area contributed by atoms with Gasteiger partial charge in [0.1, 0.15) is 6.54 Å². The number of likely N-dealkylation sites (N-methyl/N-ethyl adjacent to an activating group) is 1. The van der Waals surface area contributed by atoms with E-state index in [0.29, 0.717) is 38.7 Å². The zero-order chi connectivity index (χ0) is 31.7. The summed E-state index contributed by atoms with van der Waals surface area (Å²) in [5, 5.41) is 4.42. The Hall–Kier alpha value is -4.73. The number of anilines is 1. The fourth-order valence-corrected chi connectivity index (χ4v) is 6.94. The Morgan fingerprint density at radius 1 is 1.00 bits per heavy atom. The van der Waals surface area contributed by atoms with Gasteiger partial charge in [-0.2, -0.15) is 0 Å². The molecule has 8 nitrogen and oxygen atoms in total. The molecule has 3 heterocycles. The number of fused-ring (bicyclic) bond motifs is 2. The second-order valence-corrected chi connectivity index (χ2v) is 12.2. The van der Waals surface area contributed by atoms with Crippen LogP contribution in [-0.2, 0) is 16.1 Å². The Balaban J connectivity index is 1.45. The predicted octanol–water partition coefficient (Wildman–Crippen LogP) is 5.35. The molecule has 10 heteroatoms. The molecule has 228 valence electrons. The van der Waals surface area contributed by atoms with Crippen molar-refractivity contribution in [2.45, 2.75) is 33.4 Å². The van der Waals surface area contributed by atoms with Gasteiger partial charge in [0.2, 0.25) is 5.91 Å². The van der Waals surface area contributed by atoms with E-state index in [0.717, 1.165) is 27.7 Å². The van der Waals surface area contributed by atoms with Gasteiger partial charge in [0.15, 0.2) is 4.80 Å². The molecule has 0 fully saturated rings. The van der Waals surface area contributed by atoms with Crippen LogP contribution in [0.15, 0.2) is 106 Å². The van der Waals surface area contributed by atoms with Gasteiger partial charge < -0.3 is 14.8 Å². The maximum absolute atomic E-state index is 14.2. The summed E-state index contributed by atoms with van der Waals surface area (Å²) in [5.41, 5.74) is 4.00. The molecule has 6 rings (SSSR count). The quantitative estimate of drug-likeness (QED) is 0.249. The average molecular weight is 638 g/mol. The molecule has 0 saturated heterocycles. The molecular weight excluding hydrogens is 606 g/mol. The first-order chi connectivity index (χ1) is 21.8. The molecule has 2 amide bonds. The number of halogens is 1. The number of benzene rings is 3. The van der Waals surface area contributed by atoms with E-state index >= 15 is 0 Å². The van der Waals surface area contributed by atoms with Crippen LogP contribution in [0.4, 0.5) is 5.69 Å². The number of allylic oxidation sites excluding steroid dienone is 1. The smallest absolute Gasteiger partial charge is 0.271 e. The van der Waals surface area contributed by atoms with Crippen LogP contribution in [0.5, 0.6) is 0 Å². The number of nitrogens with zero attached hydrogens (tertiary/aromatic N) is 4. The summed E-state index contributed by atoms with van der Waals surface area (Å²) in [6.07, 6.45) is 3.74. The first-order valence-electron chi connectivity index (χ1n) is 14.8. The zero-order valence-corrected chi connectivity index (χ0v) is 26.7. The summed E-state index contributed by atoms with van der Waals surface area (Å²) in [7, 11) is 0. The Morgan fingerprint density at radius 2 is 1.69 bits per heavy atom. The van der Waals surface area contributed by atoms with Crippen LogP contribution in [0.3, 0.4) is 0 Å². The van der Waals surface area contributed by atoms with Gasteiger partial charge in [0, 0.05) is 46.5 Å². The molecule has 45 heavy (non-hydrogen) atoms. The van der Waals surface area contributed by atoms with Gasteiger partial charge in [-0.15, -0.1) is 0 Å². The van der Waals surface area contributed by atoms with Gasteiger partial charge in [-0.1, -0.05) is 71.5 Å². The normalized spacial score (nSPS) is 14.8. The average Bonchev–Trinajstić information content (AvgIpc) is 3.53. The molecule has 0 bridgehead atoms. The van der Waals surface area contributed by atoms with Crippen molar-refractivity contribution < 1.29 is 9.59 Å². The third kappa shape index (κ3) is 5.89. The van der Waals surface area contributed by atoms with Crippen LogP contribution in [-0.4, -0.2) is 38.9 Å². The second kappa shape index (κ2) is 12.7. The number of amides is 2. The highest BCUT2D eigenvalue weighted by molar-refractivity contribution is 7.07. The van der Waals surface area contributed by atoms with Crippen molar-refractivity contribution in [2.75, 3.05) is 18.4 Å². The molecule has 1 N–H and O–H groups in total. The highest BCUT2D eigenvalue weighted by Crippen LogP contribution is 2.32. The highest BCUT2D eigenvalue weighted by atomic mass is 35.5. The highest BCUT2D eigenvalue weighted by Gasteiger charge is 2.34. The topological polar surface area (TPSA) is 88.7 Å².